The summed E-state index contributed by atoms with van der Waals surface area (Å²) in [6, 6.07) is 0. The number of fused-ring (bicyclic) bond motifs is 1. The van der Waals surface area contributed by atoms with Crippen molar-refractivity contribution < 1.29 is 14.3 Å². The average molecular weight is 311 g/mol. The fourth-order valence-electron chi connectivity index (χ4n) is 2.45. The van der Waals surface area contributed by atoms with Crippen molar-refractivity contribution in [1.82, 2.24) is 19.5 Å². The summed E-state index contributed by atoms with van der Waals surface area (Å²) in [4.78, 5) is 23.2. The van der Waals surface area contributed by atoms with Gasteiger partial charge in [-0.15, -0.1) is 0 Å². The van der Waals surface area contributed by atoms with Crippen molar-refractivity contribution in [3.05, 3.63) is 17.8 Å². The lowest BCUT2D eigenvalue weighted by Gasteiger charge is -2.30. The van der Waals surface area contributed by atoms with Crippen LogP contribution >= 0.6 is 11.6 Å². The third-order valence-corrected chi connectivity index (χ3v) is 3.70. The van der Waals surface area contributed by atoms with Gasteiger partial charge in [-0.3, -0.25) is 9.36 Å². The summed E-state index contributed by atoms with van der Waals surface area (Å²) in [5.74, 6) is -0.298. The first-order valence-electron chi connectivity index (χ1n) is 6.77. The van der Waals surface area contributed by atoms with Gasteiger partial charge in [-0.2, -0.15) is 0 Å². The lowest BCUT2D eigenvalue weighted by atomic mass is 10.1. The Labute approximate surface area is 126 Å². The molecule has 0 radical (unpaired) electrons. The van der Waals surface area contributed by atoms with Gasteiger partial charge >= 0.3 is 5.97 Å². The van der Waals surface area contributed by atoms with Crippen LogP contribution in [-0.4, -0.2) is 38.2 Å². The summed E-state index contributed by atoms with van der Waals surface area (Å²) in [6.45, 7) is 1.66. The molecule has 2 atom stereocenters. The van der Waals surface area contributed by atoms with Gasteiger partial charge in [0.1, 0.15) is 24.7 Å². The van der Waals surface area contributed by atoms with Gasteiger partial charge in [-0.1, -0.05) is 11.6 Å². The molecule has 3 rings (SSSR count). The number of nitrogens with zero attached hydrogens (tertiary/aromatic N) is 4. The van der Waals surface area contributed by atoms with Gasteiger partial charge in [0.15, 0.2) is 10.8 Å². The van der Waals surface area contributed by atoms with E-state index in [1.54, 1.807) is 6.33 Å². The van der Waals surface area contributed by atoms with E-state index in [1.807, 2.05) is 4.57 Å². The minimum absolute atomic E-state index is 0.109. The zero-order valence-electron chi connectivity index (χ0n) is 11.5. The predicted molar refractivity (Wildman–Crippen MR) is 74.7 cm³/mol. The van der Waals surface area contributed by atoms with E-state index in [-0.39, 0.29) is 24.9 Å². The summed E-state index contributed by atoms with van der Waals surface area (Å²) in [7, 11) is 0. The van der Waals surface area contributed by atoms with E-state index in [9.17, 15) is 4.79 Å². The number of imidazole rings is 1. The van der Waals surface area contributed by atoms with E-state index in [1.165, 1.54) is 13.3 Å². The highest BCUT2D eigenvalue weighted by atomic mass is 35.5. The molecule has 2 aromatic heterocycles. The first-order chi connectivity index (χ1) is 10.1. The Morgan fingerprint density at radius 3 is 3.14 bits per heavy atom. The summed E-state index contributed by atoms with van der Waals surface area (Å²) < 4.78 is 12.8. The molecule has 0 N–H and O–H groups in total. The Balaban J connectivity index is 1.79. The molecular weight excluding hydrogens is 296 g/mol. The summed E-state index contributed by atoms with van der Waals surface area (Å²) in [5, 5.41) is 0.325. The topological polar surface area (TPSA) is 79.1 Å². The van der Waals surface area contributed by atoms with Gasteiger partial charge in [0, 0.05) is 6.92 Å². The number of aromatic nitrogens is 4. The first-order valence-corrected chi connectivity index (χ1v) is 7.15. The maximum absolute atomic E-state index is 10.9. The largest absolute Gasteiger partial charge is 0.463 e. The van der Waals surface area contributed by atoms with Gasteiger partial charge in [-0.25, -0.2) is 15.0 Å². The van der Waals surface area contributed by atoms with E-state index >= 15 is 0 Å². The second-order valence-corrected chi connectivity index (χ2v) is 5.29. The molecule has 0 bridgehead atoms. The number of carbonyl (C=O) groups excluding carboxylic acids is 1. The molecule has 0 aromatic carbocycles. The summed E-state index contributed by atoms with van der Waals surface area (Å²) in [6.07, 6.45) is 5.47. The maximum Gasteiger partial charge on any atom is 0.302 e. The third kappa shape index (κ3) is 2.98. The van der Waals surface area contributed by atoms with Crippen LogP contribution in [0.3, 0.4) is 0 Å². The van der Waals surface area contributed by atoms with Crippen LogP contribution in [0.1, 0.15) is 32.4 Å². The van der Waals surface area contributed by atoms with Crippen molar-refractivity contribution >= 4 is 28.7 Å². The highest BCUT2D eigenvalue weighted by Crippen LogP contribution is 2.30. The predicted octanol–water partition coefficient (Wildman–Crippen LogP) is 2.11. The van der Waals surface area contributed by atoms with Crippen molar-refractivity contribution in [3.63, 3.8) is 0 Å². The minimum atomic E-state index is -0.298. The molecule has 0 spiro atoms. The quantitative estimate of drug-likeness (QED) is 0.638. The summed E-state index contributed by atoms with van der Waals surface area (Å²) in [5.41, 5.74) is 1.21. The highest BCUT2D eigenvalue weighted by Gasteiger charge is 2.26. The van der Waals surface area contributed by atoms with Crippen LogP contribution in [0.15, 0.2) is 12.7 Å². The minimum Gasteiger partial charge on any atom is -0.463 e. The molecule has 1 aliphatic heterocycles. The van der Waals surface area contributed by atoms with Crippen molar-refractivity contribution in [2.75, 3.05) is 6.61 Å². The molecule has 0 aliphatic carbocycles. The zero-order chi connectivity index (χ0) is 14.8. The molecule has 2 aromatic rings. The second-order valence-electron chi connectivity index (χ2n) is 4.93. The Bertz CT molecular complexity index is 660. The van der Waals surface area contributed by atoms with Gasteiger partial charge in [0.2, 0.25) is 0 Å². The van der Waals surface area contributed by atoms with Crippen LogP contribution in [0.4, 0.5) is 0 Å². The SMILES string of the molecule is CC(=O)OC[C@@H]1CCC[C@H](n2cnc3c(Cl)ncnc32)O1. The number of carbonyl (C=O) groups is 1. The normalized spacial score (nSPS) is 22.4. The molecule has 112 valence electrons. The number of ether oxygens (including phenoxy) is 2. The lowest BCUT2D eigenvalue weighted by Crippen LogP contribution is -2.30. The Morgan fingerprint density at radius 2 is 2.33 bits per heavy atom. The molecule has 21 heavy (non-hydrogen) atoms. The smallest absolute Gasteiger partial charge is 0.302 e. The number of hydrogen-bond donors (Lipinski definition) is 0. The van der Waals surface area contributed by atoms with Gasteiger partial charge in [0.25, 0.3) is 0 Å². The van der Waals surface area contributed by atoms with Crippen LogP contribution in [0.25, 0.3) is 11.2 Å². The van der Waals surface area contributed by atoms with E-state index < -0.39 is 0 Å². The monoisotopic (exact) mass is 310 g/mol. The average Bonchev–Trinajstić information content (AvgIpc) is 2.91. The highest BCUT2D eigenvalue weighted by molar-refractivity contribution is 6.33. The zero-order valence-corrected chi connectivity index (χ0v) is 12.3. The van der Waals surface area contributed by atoms with Crippen LogP contribution in [0.2, 0.25) is 5.15 Å². The van der Waals surface area contributed by atoms with Crippen molar-refractivity contribution in [3.8, 4) is 0 Å². The molecule has 3 heterocycles. The number of esters is 1. The molecule has 0 amide bonds. The first kappa shape index (κ1) is 14.2. The second kappa shape index (κ2) is 5.95. The van der Waals surface area contributed by atoms with Crippen LogP contribution < -0.4 is 0 Å². The Kier molecular flexibility index (Phi) is 4.03. The molecule has 1 saturated heterocycles. The molecule has 0 unspecified atom stereocenters. The lowest BCUT2D eigenvalue weighted by molar-refractivity contribution is -0.153. The fraction of sp³-hybridized carbons (Fsp3) is 0.538. The molecular formula is C13H15ClN4O3. The van der Waals surface area contributed by atoms with Gasteiger partial charge in [-0.05, 0) is 19.3 Å². The fourth-order valence-corrected chi connectivity index (χ4v) is 2.63. The van der Waals surface area contributed by atoms with Crippen LogP contribution in [0.5, 0.6) is 0 Å². The number of halogens is 1. The molecule has 1 fully saturated rings. The van der Waals surface area contributed by atoms with Crippen molar-refractivity contribution in [2.24, 2.45) is 0 Å². The van der Waals surface area contributed by atoms with E-state index in [0.717, 1.165) is 19.3 Å². The molecule has 7 nitrogen and oxygen atoms in total. The standard InChI is InChI=1S/C13H15ClN4O3/c1-8(19)20-5-9-3-2-4-10(21-9)18-7-17-11-12(14)15-6-16-13(11)18/h6-7,9-10H,2-5H2,1H3/t9-,10+/m0/s1. The maximum atomic E-state index is 10.9. The molecule has 0 saturated carbocycles. The van der Waals surface area contributed by atoms with E-state index in [0.29, 0.717) is 16.3 Å². The molecule has 1 aliphatic rings. The number of rotatable bonds is 3. The van der Waals surface area contributed by atoms with E-state index in [2.05, 4.69) is 15.0 Å². The van der Waals surface area contributed by atoms with Crippen LogP contribution in [-0.2, 0) is 14.3 Å². The molecule has 8 heteroatoms. The summed E-state index contributed by atoms with van der Waals surface area (Å²) >= 11 is 6.00. The Morgan fingerprint density at radius 1 is 1.48 bits per heavy atom. The Hall–Kier alpha value is -1.73. The van der Waals surface area contributed by atoms with Crippen molar-refractivity contribution in [2.45, 2.75) is 38.5 Å². The van der Waals surface area contributed by atoms with Gasteiger partial charge < -0.3 is 9.47 Å². The van der Waals surface area contributed by atoms with Crippen molar-refractivity contribution in [1.29, 1.82) is 0 Å². The van der Waals surface area contributed by atoms with Crippen LogP contribution in [0, 0.1) is 0 Å². The third-order valence-electron chi connectivity index (χ3n) is 3.42. The van der Waals surface area contributed by atoms with E-state index in [4.69, 9.17) is 21.1 Å². The number of hydrogen-bond acceptors (Lipinski definition) is 6. The van der Waals surface area contributed by atoms with Gasteiger partial charge in [0.05, 0.1) is 12.4 Å².